The Morgan fingerprint density at radius 2 is 1.63 bits per heavy atom. The van der Waals surface area contributed by atoms with Gasteiger partial charge in [-0.25, -0.2) is 0 Å². The van der Waals surface area contributed by atoms with Gasteiger partial charge < -0.3 is 19.3 Å². The number of carbonyl (C=O) groups excluding carboxylic acids is 2. The van der Waals surface area contributed by atoms with Gasteiger partial charge >= 0.3 is 0 Å². The monoisotopic (exact) mass is 428 g/mol. The van der Waals surface area contributed by atoms with Crippen LogP contribution in [0.25, 0.3) is 0 Å². The molecule has 160 valence electrons. The van der Waals surface area contributed by atoms with Crippen LogP contribution in [0.3, 0.4) is 0 Å². The van der Waals surface area contributed by atoms with Crippen molar-refractivity contribution in [1.29, 1.82) is 0 Å². The Labute approximate surface area is 183 Å². The molecule has 0 aliphatic carbocycles. The van der Waals surface area contributed by atoms with Crippen molar-refractivity contribution >= 4 is 24.4 Å². The second-order valence-corrected chi connectivity index (χ2v) is 7.71. The zero-order valence-corrected chi connectivity index (χ0v) is 18.4. The maximum Gasteiger partial charge on any atom is 0.255 e. The van der Waals surface area contributed by atoms with Crippen molar-refractivity contribution < 1.29 is 19.1 Å². The predicted octanol–water partition coefficient (Wildman–Crippen LogP) is 3.30. The topological polar surface area (TPSA) is 59.1 Å². The summed E-state index contributed by atoms with van der Waals surface area (Å²) in [5.74, 6) is 1.41. The van der Waals surface area contributed by atoms with Gasteiger partial charge in [0.1, 0.15) is 0 Å². The number of rotatable bonds is 6. The first kappa shape index (κ1) is 22.0. The highest BCUT2D eigenvalue weighted by Gasteiger charge is 2.23. The minimum Gasteiger partial charge on any atom is -0.493 e. The molecule has 1 saturated heterocycles. The Hall–Kier alpha value is -2.67. The van der Waals surface area contributed by atoms with E-state index < -0.39 is 0 Å². The first-order valence-electron chi connectivity index (χ1n) is 10.1. The van der Waals surface area contributed by atoms with Crippen molar-refractivity contribution in [3.63, 3.8) is 0 Å². The van der Waals surface area contributed by atoms with E-state index in [1.54, 1.807) is 20.3 Å². The molecule has 0 unspecified atom stereocenters. The van der Waals surface area contributed by atoms with Crippen LogP contribution in [0.2, 0.25) is 0 Å². The quantitative estimate of drug-likeness (QED) is 0.718. The van der Waals surface area contributed by atoms with Crippen LogP contribution < -0.4 is 9.47 Å². The number of hydrogen-bond acceptors (Lipinski definition) is 5. The van der Waals surface area contributed by atoms with Crippen LogP contribution in [0.1, 0.15) is 28.8 Å². The molecule has 0 bridgehead atoms. The fourth-order valence-corrected chi connectivity index (χ4v) is 3.90. The van der Waals surface area contributed by atoms with Crippen molar-refractivity contribution in [3.8, 4) is 11.5 Å². The van der Waals surface area contributed by atoms with Crippen molar-refractivity contribution in [2.24, 2.45) is 0 Å². The molecule has 1 heterocycles. The minimum absolute atomic E-state index is 0.0276. The summed E-state index contributed by atoms with van der Waals surface area (Å²) in [6.07, 6.45) is 1.82. The van der Waals surface area contributed by atoms with Gasteiger partial charge in [0.2, 0.25) is 5.91 Å². The summed E-state index contributed by atoms with van der Waals surface area (Å²) in [5, 5.41) is 0. The molecule has 0 atom stereocenters. The Morgan fingerprint density at radius 3 is 2.37 bits per heavy atom. The second-order valence-electron chi connectivity index (χ2n) is 7.23. The number of amides is 2. The summed E-state index contributed by atoms with van der Waals surface area (Å²) in [6.45, 7) is 2.38. The van der Waals surface area contributed by atoms with Crippen LogP contribution in [0.5, 0.6) is 11.5 Å². The molecule has 0 aromatic heterocycles. The van der Waals surface area contributed by atoms with E-state index in [2.05, 4.69) is 12.6 Å². The van der Waals surface area contributed by atoms with Gasteiger partial charge in [0.05, 0.1) is 19.8 Å². The summed E-state index contributed by atoms with van der Waals surface area (Å²) in [7, 11) is 3.20. The van der Waals surface area contributed by atoms with E-state index in [1.165, 1.54) is 0 Å². The van der Waals surface area contributed by atoms with Crippen LogP contribution >= 0.6 is 12.6 Å². The molecule has 2 aromatic carbocycles. The van der Waals surface area contributed by atoms with Gasteiger partial charge in [-0.3, -0.25) is 9.59 Å². The number of thiol groups is 1. The van der Waals surface area contributed by atoms with Crippen LogP contribution in [-0.2, 0) is 11.2 Å². The van der Waals surface area contributed by atoms with Gasteiger partial charge in [-0.05, 0) is 42.7 Å². The summed E-state index contributed by atoms with van der Waals surface area (Å²) in [4.78, 5) is 29.9. The molecule has 6 nitrogen and oxygen atoms in total. The molecular formula is C23H28N2O4S. The van der Waals surface area contributed by atoms with E-state index in [-0.39, 0.29) is 11.8 Å². The largest absolute Gasteiger partial charge is 0.493 e. The van der Waals surface area contributed by atoms with Crippen LogP contribution in [0, 0.1) is 0 Å². The highest BCUT2D eigenvalue weighted by atomic mass is 32.1. The average Bonchev–Trinajstić information content (AvgIpc) is 3.03. The molecule has 0 radical (unpaired) electrons. The third kappa shape index (κ3) is 5.27. The molecule has 0 N–H and O–H groups in total. The SMILES string of the molecule is COc1ccc(CCC(=O)N2CCCN(C(=O)c3ccccc3S)CC2)cc1OC. The number of ether oxygens (including phenoxy) is 2. The molecule has 2 aromatic rings. The van der Waals surface area contributed by atoms with Gasteiger partial charge in [-0.1, -0.05) is 18.2 Å². The van der Waals surface area contributed by atoms with E-state index >= 15 is 0 Å². The highest BCUT2D eigenvalue weighted by Crippen LogP contribution is 2.28. The van der Waals surface area contributed by atoms with E-state index in [0.29, 0.717) is 61.0 Å². The Kier molecular flexibility index (Phi) is 7.63. The third-order valence-corrected chi connectivity index (χ3v) is 5.74. The molecule has 7 heteroatoms. The zero-order valence-electron chi connectivity index (χ0n) is 17.5. The smallest absolute Gasteiger partial charge is 0.255 e. The van der Waals surface area contributed by atoms with Gasteiger partial charge in [0.25, 0.3) is 5.91 Å². The standard InChI is InChI=1S/C23H28N2O4S/c1-28-19-10-8-17(16-20(19)29-2)9-11-22(26)24-12-5-13-25(15-14-24)23(27)18-6-3-4-7-21(18)30/h3-4,6-8,10,16,30H,5,9,11-15H2,1-2H3. The maximum absolute atomic E-state index is 12.8. The molecule has 2 amide bonds. The minimum atomic E-state index is -0.0276. The van der Waals surface area contributed by atoms with E-state index in [4.69, 9.17) is 9.47 Å². The fourth-order valence-electron chi connectivity index (χ4n) is 3.64. The van der Waals surface area contributed by atoms with Crippen molar-refractivity contribution in [2.45, 2.75) is 24.2 Å². The summed E-state index contributed by atoms with van der Waals surface area (Å²) in [5.41, 5.74) is 1.63. The van der Waals surface area contributed by atoms with Gasteiger partial charge in [0.15, 0.2) is 11.5 Å². The number of carbonyl (C=O) groups is 2. The van der Waals surface area contributed by atoms with Gasteiger partial charge in [0, 0.05) is 37.5 Å². The lowest BCUT2D eigenvalue weighted by atomic mass is 10.1. The molecule has 0 saturated carbocycles. The summed E-state index contributed by atoms with van der Waals surface area (Å²) < 4.78 is 10.6. The lowest BCUT2D eigenvalue weighted by Gasteiger charge is -2.23. The molecule has 0 spiro atoms. The number of nitrogens with zero attached hydrogens (tertiary/aromatic N) is 2. The first-order chi connectivity index (χ1) is 14.5. The van der Waals surface area contributed by atoms with E-state index in [1.807, 2.05) is 46.2 Å². The molecule has 1 aliphatic rings. The lowest BCUT2D eigenvalue weighted by molar-refractivity contribution is -0.131. The second kappa shape index (κ2) is 10.4. The summed E-state index contributed by atoms with van der Waals surface area (Å²) in [6, 6.07) is 13.0. The predicted molar refractivity (Wildman–Crippen MR) is 119 cm³/mol. The van der Waals surface area contributed by atoms with Crippen molar-refractivity contribution in [2.75, 3.05) is 40.4 Å². The lowest BCUT2D eigenvalue weighted by Crippen LogP contribution is -2.37. The van der Waals surface area contributed by atoms with Crippen LogP contribution in [-0.4, -0.2) is 62.0 Å². The number of hydrogen-bond donors (Lipinski definition) is 1. The number of methoxy groups -OCH3 is 2. The van der Waals surface area contributed by atoms with E-state index in [0.717, 1.165) is 12.0 Å². The molecule has 1 fully saturated rings. The Balaban J connectivity index is 1.55. The van der Waals surface area contributed by atoms with Crippen LogP contribution in [0.15, 0.2) is 47.4 Å². The zero-order chi connectivity index (χ0) is 21.5. The molecule has 3 rings (SSSR count). The summed E-state index contributed by atoms with van der Waals surface area (Å²) >= 11 is 4.39. The number of benzene rings is 2. The van der Waals surface area contributed by atoms with Crippen molar-refractivity contribution in [3.05, 3.63) is 53.6 Å². The van der Waals surface area contributed by atoms with Crippen molar-refractivity contribution in [1.82, 2.24) is 9.80 Å². The van der Waals surface area contributed by atoms with E-state index in [9.17, 15) is 9.59 Å². The van der Waals surface area contributed by atoms with Crippen LogP contribution in [0.4, 0.5) is 0 Å². The molecule has 1 aliphatic heterocycles. The highest BCUT2D eigenvalue weighted by molar-refractivity contribution is 7.80. The van der Waals surface area contributed by atoms with Gasteiger partial charge in [-0.15, -0.1) is 12.6 Å². The third-order valence-electron chi connectivity index (χ3n) is 5.35. The maximum atomic E-state index is 12.8. The van der Waals surface area contributed by atoms with Gasteiger partial charge in [-0.2, -0.15) is 0 Å². The normalized spacial score (nSPS) is 14.2. The average molecular weight is 429 g/mol. The first-order valence-corrected chi connectivity index (χ1v) is 10.5. The Morgan fingerprint density at radius 1 is 0.933 bits per heavy atom. The Bertz CT molecular complexity index is 903. The molecule has 30 heavy (non-hydrogen) atoms. The molecular weight excluding hydrogens is 400 g/mol. The number of aryl methyl sites for hydroxylation is 1. The fraction of sp³-hybridized carbons (Fsp3) is 0.391.